The average Bonchev–Trinajstić information content (AvgIpc) is 2.95. The fourth-order valence-corrected chi connectivity index (χ4v) is 2.04. The highest BCUT2D eigenvalue weighted by Gasteiger charge is 2.15. The van der Waals surface area contributed by atoms with Crippen molar-refractivity contribution in [1.82, 2.24) is 19.8 Å². The van der Waals surface area contributed by atoms with Crippen molar-refractivity contribution in [1.29, 1.82) is 0 Å². The third kappa shape index (κ3) is 5.13. The highest BCUT2D eigenvalue weighted by molar-refractivity contribution is 6.01. The first-order valence-electron chi connectivity index (χ1n) is 7.10. The topological polar surface area (TPSA) is 79.3 Å². The van der Waals surface area contributed by atoms with E-state index in [9.17, 15) is 18.4 Å². The first kappa shape index (κ1) is 17.5. The van der Waals surface area contributed by atoms with Crippen molar-refractivity contribution >= 4 is 17.6 Å². The molecular formula is C15H17F2N5O2. The van der Waals surface area contributed by atoms with E-state index in [1.54, 1.807) is 37.4 Å². The first-order valence-corrected chi connectivity index (χ1v) is 7.10. The van der Waals surface area contributed by atoms with Gasteiger partial charge in [-0.25, -0.2) is 9.78 Å². The van der Waals surface area contributed by atoms with Crippen LogP contribution in [0.15, 0.2) is 42.7 Å². The van der Waals surface area contributed by atoms with Crippen LogP contribution in [0, 0.1) is 0 Å². The van der Waals surface area contributed by atoms with Crippen LogP contribution in [0.4, 0.5) is 19.3 Å². The zero-order chi connectivity index (χ0) is 17.5. The Morgan fingerprint density at radius 1 is 1.29 bits per heavy atom. The molecule has 2 N–H and O–H groups in total. The van der Waals surface area contributed by atoms with E-state index < -0.39 is 18.5 Å². The number of alkyl halides is 2. The van der Waals surface area contributed by atoms with Crippen LogP contribution in [0.3, 0.4) is 0 Å². The van der Waals surface area contributed by atoms with Gasteiger partial charge in [-0.3, -0.25) is 19.6 Å². The van der Waals surface area contributed by atoms with Gasteiger partial charge in [0.05, 0.1) is 13.1 Å². The molecule has 0 spiro atoms. The van der Waals surface area contributed by atoms with E-state index >= 15 is 0 Å². The number of para-hydroxylation sites is 1. The predicted molar refractivity (Wildman–Crippen MR) is 83.4 cm³/mol. The van der Waals surface area contributed by atoms with Crippen molar-refractivity contribution in [3.05, 3.63) is 48.5 Å². The Hall–Kier alpha value is -2.81. The molecule has 24 heavy (non-hydrogen) atoms. The lowest BCUT2D eigenvalue weighted by atomic mass is 10.3. The molecule has 1 aromatic carbocycles. The molecule has 1 aromatic heterocycles. The zero-order valence-electron chi connectivity index (χ0n) is 12.9. The molecule has 2 rings (SSSR count). The van der Waals surface area contributed by atoms with Crippen LogP contribution in [-0.2, 0) is 11.3 Å². The Morgan fingerprint density at radius 2 is 2.00 bits per heavy atom. The summed E-state index contributed by atoms with van der Waals surface area (Å²) in [5.74, 6) is -0.421. The maximum atomic E-state index is 12.7. The number of anilines is 1. The van der Waals surface area contributed by atoms with E-state index in [4.69, 9.17) is 0 Å². The summed E-state index contributed by atoms with van der Waals surface area (Å²) in [7, 11) is 1.57. The number of aromatic nitrogens is 2. The van der Waals surface area contributed by atoms with Gasteiger partial charge in [-0.1, -0.05) is 18.2 Å². The Labute approximate surface area is 137 Å². The standard InChI is InChI=1S/C15H17F2N5O2/c1-21(9-12-18-7-8-22(12)14(16)17)10-13(23)20-15(24)19-11-5-3-2-4-6-11/h2-8,14H,9-10H2,1H3,(H2,19,20,23,24). The Bertz CT molecular complexity index is 690. The molecule has 0 saturated heterocycles. The van der Waals surface area contributed by atoms with Crippen molar-refractivity contribution in [3.63, 3.8) is 0 Å². The summed E-state index contributed by atoms with van der Waals surface area (Å²) in [5, 5.41) is 4.68. The molecule has 0 aliphatic heterocycles. The summed E-state index contributed by atoms with van der Waals surface area (Å²) in [6.45, 7) is -2.79. The quantitative estimate of drug-likeness (QED) is 0.846. The lowest BCUT2D eigenvalue weighted by Gasteiger charge is -2.16. The first-order chi connectivity index (χ1) is 11.5. The lowest BCUT2D eigenvalue weighted by Crippen LogP contribution is -2.40. The number of carbonyl (C=O) groups excluding carboxylic acids is 2. The number of urea groups is 1. The zero-order valence-corrected chi connectivity index (χ0v) is 12.9. The number of hydrogen-bond acceptors (Lipinski definition) is 4. The number of benzene rings is 1. The average molecular weight is 337 g/mol. The van der Waals surface area contributed by atoms with E-state index in [-0.39, 0.29) is 18.9 Å². The smallest absolute Gasteiger partial charge is 0.308 e. The molecule has 0 bridgehead atoms. The number of likely N-dealkylation sites (N-methyl/N-ethyl adjacent to an activating group) is 1. The number of imidazole rings is 1. The van der Waals surface area contributed by atoms with Gasteiger partial charge in [0.2, 0.25) is 5.91 Å². The van der Waals surface area contributed by atoms with Crippen LogP contribution < -0.4 is 10.6 Å². The van der Waals surface area contributed by atoms with Gasteiger partial charge in [0.25, 0.3) is 0 Å². The second-order valence-electron chi connectivity index (χ2n) is 5.07. The van der Waals surface area contributed by atoms with Crippen LogP contribution in [0.2, 0.25) is 0 Å². The van der Waals surface area contributed by atoms with Gasteiger partial charge in [0.1, 0.15) is 5.82 Å². The summed E-state index contributed by atoms with van der Waals surface area (Å²) < 4.78 is 26.2. The van der Waals surface area contributed by atoms with Crippen LogP contribution in [0.25, 0.3) is 0 Å². The number of rotatable bonds is 6. The molecule has 1 heterocycles. The van der Waals surface area contributed by atoms with Crippen molar-refractivity contribution in [2.45, 2.75) is 13.1 Å². The minimum atomic E-state index is -2.69. The van der Waals surface area contributed by atoms with Gasteiger partial charge in [0, 0.05) is 18.1 Å². The van der Waals surface area contributed by atoms with Crippen LogP contribution in [-0.4, -0.2) is 40.0 Å². The van der Waals surface area contributed by atoms with Crippen LogP contribution >= 0.6 is 0 Å². The number of carbonyl (C=O) groups is 2. The molecule has 7 nitrogen and oxygen atoms in total. The number of nitrogens with zero attached hydrogens (tertiary/aromatic N) is 3. The molecule has 0 aliphatic carbocycles. The molecule has 2 aromatic rings. The Balaban J connectivity index is 1.81. The normalized spacial score (nSPS) is 10.9. The van der Waals surface area contributed by atoms with E-state index in [1.807, 2.05) is 0 Å². The number of amides is 3. The molecule has 128 valence electrons. The number of nitrogens with one attached hydrogen (secondary N) is 2. The largest absolute Gasteiger partial charge is 0.325 e. The SMILES string of the molecule is CN(CC(=O)NC(=O)Nc1ccccc1)Cc1nccn1C(F)F. The van der Waals surface area contributed by atoms with Crippen molar-refractivity contribution in [3.8, 4) is 0 Å². The highest BCUT2D eigenvalue weighted by atomic mass is 19.3. The highest BCUT2D eigenvalue weighted by Crippen LogP contribution is 2.13. The fraction of sp³-hybridized carbons (Fsp3) is 0.267. The second kappa shape index (κ2) is 8.16. The van der Waals surface area contributed by atoms with Gasteiger partial charge in [-0.2, -0.15) is 8.78 Å². The number of hydrogen-bond donors (Lipinski definition) is 2. The van der Waals surface area contributed by atoms with Crippen molar-refractivity contribution in [2.24, 2.45) is 0 Å². The minimum Gasteiger partial charge on any atom is -0.308 e. The monoisotopic (exact) mass is 337 g/mol. The predicted octanol–water partition coefficient (Wildman–Crippen LogP) is 2.06. The summed E-state index contributed by atoms with van der Waals surface area (Å²) in [5.41, 5.74) is 0.551. The summed E-state index contributed by atoms with van der Waals surface area (Å²) in [6.07, 6.45) is 2.43. The lowest BCUT2D eigenvalue weighted by molar-refractivity contribution is -0.120. The van der Waals surface area contributed by atoms with Gasteiger partial charge in [0.15, 0.2) is 0 Å². The third-order valence-electron chi connectivity index (χ3n) is 3.07. The summed E-state index contributed by atoms with van der Waals surface area (Å²) in [6, 6.07) is 7.99. The molecule has 0 aliphatic rings. The maximum absolute atomic E-state index is 12.7. The molecule has 0 saturated carbocycles. The van der Waals surface area contributed by atoms with Crippen LogP contribution in [0.5, 0.6) is 0 Å². The van der Waals surface area contributed by atoms with Crippen LogP contribution in [0.1, 0.15) is 12.4 Å². The maximum Gasteiger partial charge on any atom is 0.325 e. The number of halogens is 2. The van der Waals surface area contributed by atoms with Gasteiger partial charge >= 0.3 is 12.6 Å². The molecule has 0 radical (unpaired) electrons. The van der Waals surface area contributed by atoms with E-state index in [0.29, 0.717) is 5.69 Å². The van der Waals surface area contributed by atoms with Gasteiger partial charge < -0.3 is 5.32 Å². The van der Waals surface area contributed by atoms with Crippen molar-refractivity contribution < 1.29 is 18.4 Å². The molecule has 0 atom stereocenters. The van der Waals surface area contributed by atoms with Gasteiger partial charge in [-0.15, -0.1) is 0 Å². The van der Waals surface area contributed by atoms with E-state index in [0.717, 1.165) is 4.57 Å². The summed E-state index contributed by atoms with van der Waals surface area (Å²) >= 11 is 0. The molecule has 0 fully saturated rings. The Morgan fingerprint density at radius 3 is 2.67 bits per heavy atom. The Kier molecular flexibility index (Phi) is 5.96. The molecular weight excluding hydrogens is 320 g/mol. The molecule has 9 heteroatoms. The van der Waals surface area contributed by atoms with E-state index in [2.05, 4.69) is 15.6 Å². The second-order valence-corrected chi connectivity index (χ2v) is 5.07. The number of imide groups is 1. The fourth-order valence-electron chi connectivity index (χ4n) is 2.04. The minimum absolute atomic E-state index is 0.0467. The molecule has 3 amide bonds. The molecule has 0 unspecified atom stereocenters. The third-order valence-corrected chi connectivity index (χ3v) is 3.07. The summed E-state index contributed by atoms with van der Waals surface area (Å²) in [4.78, 5) is 28.8. The van der Waals surface area contributed by atoms with E-state index in [1.165, 1.54) is 17.3 Å². The van der Waals surface area contributed by atoms with Gasteiger partial charge in [-0.05, 0) is 19.2 Å². The van der Waals surface area contributed by atoms with Crippen molar-refractivity contribution in [2.75, 3.05) is 18.9 Å².